The predicted molar refractivity (Wildman–Crippen MR) is 107 cm³/mol. The number of hydrogen-bond donors (Lipinski definition) is 2. The summed E-state index contributed by atoms with van der Waals surface area (Å²) in [6.45, 7) is 6.53. The first kappa shape index (κ1) is 18.9. The number of esters is 1. The van der Waals surface area contributed by atoms with Crippen LogP contribution < -0.4 is 10.6 Å². The Kier molecular flexibility index (Phi) is 6.95. The van der Waals surface area contributed by atoms with E-state index in [-0.39, 0.29) is 5.97 Å². The van der Waals surface area contributed by atoms with Gasteiger partial charge < -0.3 is 15.4 Å². The molecule has 0 amide bonds. The quantitative estimate of drug-likeness (QED) is 0.551. The Hall–Kier alpha value is -2.40. The Morgan fingerprint density at radius 2 is 1.76 bits per heavy atom. The van der Waals surface area contributed by atoms with Gasteiger partial charge in [0.25, 0.3) is 0 Å². The summed E-state index contributed by atoms with van der Waals surface area (Å²) in [4.78, 5) is 11.8. The minimum absolute atomic E-state index is 0.342. The molecule has 0 saturated carbocycles. The zero-order valence-electron chi connectivity index (χ0n) is 14.8. The molecule has 0 aliphatic rings. The van der Waals surface area contributed by atoms with Crippen molar-refractivity contribution in [1.82, 2.24) is 0 Å². The maximum Gasteiger partial charge on any atom is 0.338 e. The van der Waals surface area contributed by atoms with Crippen molar-refractivity contribution in [2.45, 2.75) is 33.1 Å². The third-order valence-corrected chi connectivity index (χ3v) is 4.19. The fraction of sp³-hybridized carbons (Fsp3) is 0.300. The van der Waals surface area contributed by atoms with Crippen molar-refractivity contribution >= 4 is 34.7 Å². The van der Waals surface area contributed by atoms with Crippen LogP contribution in [0.15, 0.2) is 48.5 Å². The van der Waals surface area contributed by atoms with Crippen LogP contribution in [0.5, 0.6) is 0 Å². The highest BCUT2D eigenvalue weighted by molar-refractivity contribution is 7.80. The van der Waals surface area contributed by atoms with E-state index in [0.29, 0.717) is 23.2 Å². The first-order chi connectivity index (χ1) is 12.0. The summed E-state index contributed by atoms with van der Waals surface area (Å²) in [5.74, 6) is 0.204. The lowest BCUT2D eigenvalue weighted by molar-refractivity contribution is 0.0526. The van der Waals surface area contributed by atoms with E-state index in [2.05, 4.69) is 36.6 Å². The van der Waals surface area contributed by atoms with Crippen LogP contribution in [0.1, 0.15) is 49.0 Å². The maximum absolute atomic E-state index is 11.8. The predicted octanol–water partition coefficient (Wildman–Crippen LogP) is 5.19. The third-order valence-electron chi connectivity index (χ3n) is 3.98. The van der Waals surface area contributed by atoms with Crippen molar-refractivity contribution in [2.24, 2.45) is 0 Å². The molecule has 0 saturated heterocycles. The van der Waals surface area contributed by atoms with E-state index in [1.54, 1.807) is 25.1 Å². The Labute approximate surface area is 154 Å². The highest BCUT2D eigenvalue weighted by Gasteiger charge is 2.08. The molecule has 0 aromatic heterocycles. The monoisotopic (exact) mass is 356 g/mol. The zero-order valence-corrected chi connectivity index (χ0v) is 15.7. The van der Waals surface area contributed by atoms with E-state index < -0.39 is 0 Å². The molecule has 5 heteroatoms. The van der Waals surface area contributed by atoms with E-state index in [9.17, 15) is 4.79 Å². The van der Waals surface area contributed by atoms with Gasteiger partial charge in [0.1, 0.15) is 0 Å². The van der Waals surface area contributed by atoms with Gasteiger partial charge in [0.2, 0.25) is 0 Å². The lowest BCUT2D eigenvalue weighted by Crippen LogP contribution is -2.19. The number of rotatable bonds is 6. The average molecular weight is 356 g/mol. The number of benzene rings is 2. The largest absolute Gasteiger partial charge is 0.462 e. The van der Waals surface area contributed by atoms with Crippen molar-refractivity contribution in [1.29, 1.82) is 0 Å². The molecule has 0 radical (unpaired) electrons. The number of thiocarbonyl (C=S) groups is 1. The van der Waals surface area contributed by atoms with Gasteiger partial charge in [0.15, 0.2) is 5.11 Å². The minimum Gasteiger partial charge on any atom is -0.462 e. The molecular weight excluding hydrogens is 332 g/mol. The van der Waals surface area contributed by atoms with E-state index in [0.717, 1.165) is 17.8 Å². The van der Waals surface area contributed by atoms with Gasteiger partial charge in [-0.3, -0.25) is 0 Å². The fourth-order valence-corrected chi connectivity index (χ4v) is 2.60. The molecule has 1 unspecified atom stereocenters. The molecule has 132 valence electrons. The van der Waals surface area contributed by atoms with Gasteiger partial charge in [0.05, 0.1) is 12.2 Å². The molecule has 0 bridgehead atoms. The van der Waals surface area contributed by atoms with Crippen LogP contribution in [-0.2, 0) is 4.74 Å². The highest BCUT2D eigenvalue weighted by atomic mass is 32.1. The SMILES string of the molecule is CCOC(=O)c1cccc(NC(=S)Nc2ccc(C(C)CC)cc2)c1. The summed E-state index contributed by atoms with van der Waals surface area (Å²) in [5.41, 5.74) is 3.46. The number of carbonyl (C=O) groups is 1. The Morgan fingerprint density at radius 1 is 1.08 bits per heavy atom. The van der Waals surface area contributed by atoms with Crippen LogP contribution in [-0.4, -0.2) is 17.7 Å². The van der Waals surface area contributed by atoms with Crippen LogP contribution in [0.3, 0.4) is 0 Å². The zero-order chi connectivity index (χ0) is 18.2. The molecule has 4 nitrogen and oxygen atoms in total. The third kappa shape index (κ3) is 5.57. The topological polar surface area (TPSA) is 50.4 Å². The van der Waals surface area contributed by atoms with E-state index in [1.807, 2.05) is 18.2 Å². The second-order valence-electron chi connectivity index (χ2n) is 5.81. The molecule has 2 N–H and O–H groups in total. The maximum atomic E-state index is 11.8. The molecule has 0 spiro atoms. The van der Waals surface area contributed by atoms with E-state index >= 15 is 0 Å². The number of carbonyl (C=O) groups excluding carboxylic acids is 1. The smallest absolute Gasteiger partial charge is 0.338 e. The Bertz CT molecular complexity index is 729. The summed E-state index contributed by atoms with van der Waals surface area (Å²) in [7, 11) is 0. The molecule has 1 atom stereocenters. The molecule has 0 fully saturated rings. The normalized spacial score (nSPS) is 11.5. The summed E-state index contributed by atoms with van der Waals surface area (Å²) in [6.07, 6.45) is 1.11. The molecular formula is C20H24N2O2S. The summed E-state index contributed by atoms with van der Waals surface area (Å²) in [5, 5.41) is 6.71. The van der Waals surface area contributed by atoms with Crippen LogP contribution in [0, 0.1) is 0 Å². The second kappa shape index (κ2) is 9.18. The standard InChI is InChI=1S/C20H24N2O2S/c1-4-14(3)15-9-11-17(12-10-15)21-20(25)22-18-8-6-7-16(13-18)19(23)24-5-2/h6-14H,4-5H2,1-3H3,(H2,21,22,25). The van der Waals surface area contributed by atoms with Crippen molar-refractivity contribution in [3.05, 3.63) is 59.7 Å². The van der Waals surface area contributed by atoms with Crippen LogP contribution >= 0.6 is 12.2 Å². The first-order valence-electron chi connectivity index (χ1n) is 8.48. The van der Waals surface area contributed by atoms with Crippen LogP contribution in [0.4, 0.5) is 11.4 Å². The van der Waals surface area contributed by atoms with Gasteiger partial charge in [-0.2, -0.15) is 0 Å². The first-order valence-corrected chi connectivity index (χ1v) is 8.89. The minimum atomic E-state index is -0.342. The molecule has 2 aromatic rings. The summed E-state index contributed by atoms with van der Waals surface area (Å²) < 4.78 is 5.01. The highest BCUT2D eigenvalue weighted by Crippen LogP contribution is 2.20. The van der Waals surface area contributed by atoms with Gasteiger partial charge in [-0.15, -0.1) is 0 Å². The van der Waals surface area contributed by atoms with Gasteiger partial charge in [0, 0.05) is 11.4 Å². The van der Waals surface area contributed by atoms with E-state index in [1.165, 1.54) is 5.56 Å². The lowest BCUT2D eigenvalue weighted by Gasteiger charge is -2.13. The molecule has 0 aliphatic heterocycles. The molecule has 2 rings (SSSR count). The van der Waals surface area contributed by atoms with E-state index in [4.69, 9.17) is 17.0 Å². The second-order valence-corrected chi connectivity index (χ2v) is 6.22. The molecule has 0 aliphatic carbocycles. The van der Waals surface area contributed by atoms with Crippen molar-refractivity contribution in [3.63, 3.8) is 0 Å². The Morgan fingerprint density at radius 3 is 2.40 bits per heavy atom. The van der Waals surface area contributed by atoms with Crippen molar-refractivity contribution in [2.75, 3.05) is 17.2 Å². The molecule has 25 heavy (non-hydrogen) atoms. The van der Waals surface area contributed by atoms with Gasteiger partial charge in [-0.1, -0.05) is 32.0 Å². The van der Waals surface area contributed by atoms with Crippen molar-refractivity contribution in [3.8, 4) is 0 Å². The van der Waals surface area contributed by atoms with Gasteiger partial charge in [-0.25, -0.2) is 4.79 Å². The van der Waals surface area contributed by atoms with Gasteiger partial charge in [-0.05, 0) is 67.4 Å². The number of ether oxygens (including phenoxy) is 1. The lowest BCUT2D eigenvalue weighted by atomic mass is 9.99. The number of nitrogens with one attached hydrogen (secondary N) is 2. The Balaban J connectivity index is 1.98. The average Bonchev–Trinajstić information content (AvgIpc) is 2.62. The van der Waals surface area contributed by atoms with Crippen molar-refractivity contribution < 1.29 is 9.53 Å². The number of hydrogen-bond acceptors (Lipinski definition) is 3. The summed E-state index contributed by atoms with van der Waals surface area (Å²) >= 11 is 5.35. The number of anilines is 2. The van der Waals surface area contributed by atoms with Gasteiger partial charge >= 0.3 is 5.97 Å². The van der Waals surface area contributed by atoms with Crippen LogP contribution in [0.25, 0.3) is 0 Å². The summed E-state index contributed by atoms with van der Waals surface area (Å²) in [6, 6.07) is 15.3. The van der Waals surface area contributed by atoms with Crippen LogP contribution in [0.2, 0.25) is 0 Å². The molecule has 2 aromatic carbocycles. The molecule has 0 heterocycles. The fourth-order valence-electron chi connectivity index (χ4n) is 2.36.